The van der Waals surface area contributed by atoms with E-state index < -0.39 is 11.2 Å². The van der Waals surface area contributed by atoms with Crippen LogP contribution in [0.4, 0.5) is 14.9 Å². The fraction of sp³-hybridized carbons (Fsp3) is 0.276. The van der Waals surface area contributed by atoms with Crippen LogP contribution in [0.25, 0.3) is 6.08 Å². The Morgan fingerprint density at radius 3 is 2.63 bits per heavy atom. The highest BCUT2D eigenvalue weighted by atomic mass is 35.5. The monoisotopic (exact) mass is 549 g/mol. The number of amides is 2. The van der Waals surface area contributed by atoms with Gasteiger partial charge in [0.05, 0.1) is 11.3 Å². The minimum Gasteiger partial charge on any atom is -0.334 e. The lowest BCUT2D eigenvalue weighted by molar-refractivity contribution is 0.179. The van der Waals surface area contributed by atoms with Gasteiger partial charge in [-0.3, -0.25) is 9.80 Å². The number of hydrogen-bond donors (Lipinski definition) is 1. The van der Waals surface area contributed by atoms with Crippen LogP contribution in [0.5, 0.6) is 0 Å². The number of carbonyl (C=O) groups is 1. The third-order valence-corrected chi connectivity index (χ3v) is 7.82. The van der Waals surface area contributed by atoms with Gasteiger partial charge in [0.25, 0.3) is 0 Å². The van der Waals surface area contributed by atoms with Crippen LogP contribution in [0.2, 0.25) is 10.2 Å². The molecule has 38 heavy (non-hydrogen) atoms. The summed E-state index contributed by atoms with van der Waals surface area (Å²) in [7, 11) is 0. The Balaban J connectivity index is 1.31. The van der Waals surface area contributed by atoms with Crippen LogP contribution in [0.15, 0.2) is 60.8 Å². The van der Waals surface area contributed by atoms with Gasteiger partial charge < -0.3 is 5.32 Å². The van der Waals surface area contributed by atoms with Gasteiger partial charge in [-0.05, 0) is 73.5 Å². The Kier molecular flexibility index (Phi) is 7.66. The minimum atomic E-state index is -0.548. The average molecular weight is 550 g/mol. The molecule has 1 N–H and O–H groups in total. The molecule has 9 heteroatoms. The zero-order chi connectivity index (χ0) is 26.7. The molecule has 2 amide bonds. The molecule has 0 saturated carbocycles. The van der Waals surface area contributed by atoms with Gasteiger partial charge in [-0.1, -0.05) is 47.5 Å². The van der Waals surface area contributed by atoms with Crippen molar-refractivity contribution in [3.05, 3.63) is 99.1 Å². The summed E-state index contributed by atoms with van der Waals surface area (Å²) in [6, 6.07) is 15.8. The first-order chi connectivity index (χ1) is 18.4. The maximum atomic E-state index is 14.8. The molecule has 5 rings (SSSR count). The second kappa shape index (κ2) is 11.1. The first kappa shape index (κ1) is 26.2. The van der Waals surface area contributed by atoms with Gasteiger partial charge in [-0.15, -0.1) is 0 Å². The molecule has 3 heterocycles. The molecular weight excluding hydrogens is 524 g/mol. The molecule has 0 radical (unpaired) electrons. The first-order valence-electron chi connectivity index (χ1n) is 12.4. The lowest BCUT2D eigenvalue weighted by Crippen LogP contribution is -2.47. The number of carbonyl (C=O) groups excluding carboxylic acids is 1. The number of likely N-dealkylation sites (tertiary alicyclic amines) is 1. The predicted octanol–water partition coefficient (Wildman–Crippen LogP) is 6.18. The van der Waals surface area contributed by atoms with Crippen LogP contribution in [0.3, 0.4) is 0 Å². The zero-order valence-corrected chi connectivity index (χ0v) is 22.1. The maximum Gasteiger partial charge on any atom is 0.322 e. The highest BCUT2D eigenvalue weighted by Crippen LogP contribution is 2.49. The Hall–Kier alpha value is -3.44. The fourth-order valence-electron chi connectivity index (χ4n) is 5.39. The number of nitrogens with zero attached hydrogens (tertiary/aromatic N) is 4. The SMILES string of the molecule is N#Cc1c(F)ccc2c1C1(CCN(C/C=C/c3ccc(Cl)cc3)CC1)CN2C(=O)NCc1ccnc(Cl)c1. The number of halogens is 3. The molecule has 0 bridgehead atoms. The Morgan fingerprint density at radius 2 is 1.92 bits per heavy atom. The van der Waals surface area contributed by atoms with Crippen LogP contribution in [-0.4, -0.2) is 42.1 Å². The van der Waals surface area contributed by atoms with Crippen LogP contribution in [0.1, 0.15) is 35.1 Å². The minimum absolute atomic E-state index is 0.0369. The molecule has 6 nitrogen and oxygen atoms in total. The van der Waals surface area contributed by atoms with Gasteiger partial charge in [-0.2, -0.15) is 5.26 Å². The standard InChI is InChI=1S/C29H26Cl2FN5O/c30-22-5-3-20(4-6-22)2-1-13-36-14-10-29(11-15-36)19-37(25-8-7-24(32)23(17-33)27(25)29)28(38)35-18-21-9-12-34-26(31)16-21/h1-9,12,16H,10-11,13-15,18-19H2,(H,35,38)/b2-1+. The van der Waals surface area contributed by atoms with Crippen molar-refractivity contribution in [1.29, 1.82) is 5.26 Å². The number of benzene rings is 2. The third-order valence-electron chi connectivity index (χ3n) is 7.36. The van der Waals surface area contributed by atoms with Gasteiger partial charge >= 0.3 is 6.03 Å². The maximum absolute atomic E-state index is 14.8. The van der Waals surface area contributed by atoms with Crippen molar-refractivity contribution in [2.24, 2.45) is 0 Å². The third kappa shape index (κ3) is 5.39. The summed E-state index contributed by atoms with van der Waals surface area (Å²) < 4.78 is 14.8. The van der Waals surface area contributed by atoms with Gasteiger partial charge in [0.1, 0.15) is 17.0 Å². The van der Waals surface area contributed by atoms with Gasteiger partial charge in [0.2, 0.25) is 0 Å². The van der Waals surface area contributed by atoms with Crippen molar-refractivity contribution in [1.82, 2.24) is 15.2 Å². The lowest BCUT2D eigenvalue weighted by Gasteiger charge is -2.39. The van der Waals surface area contributed by atoms with E-state index in [9.17, 15) is 14.4 Å². The van der Waals surface area contributed by atoms with Crippen molar-refractivity contribution in [3.63, 3.8) is 0 Å². The van der Waals surface area contributed by atoms with E-state index in [4.69, 9.17) is 23.2 Å². The number of anilines is 1. The molecule has 1 saturated heterocycles. The van der Waals surface area contributed by atoms with Crippen molar-refractivity contribution >= 4 is 41.0 Å². The highest BCUT2D eigenvalue weighted by molar-refractivity contribution is 6.30. The van der Waals surface area contributed by atoms with E-state index in [1.807, 2.05) is 24.3 Å². The van der Waals surface area contributed by atoms with E-state index in [-0.39, 0.29) is 18.1 Å². The number of nitriles is 1. The van der Waals surface area contributed by atoms with E-state index in [0.717, 1.165) is 43.6 Å². The molecule has 0 aliphatic carbocycles. The molecule has 2 aliphatic rings. The van der Waals surface area contributed by atoms with Crippen molar-refractivity contribution in [2.45, 2.75) is 24.8 Å². The summed E-state index contributed by atoms with van der Waals surface area (Å²) in [4.78, 5) is 21.2. The van der Waals surface area contributed by atoms with Crippen LogP contribution in [-0.2, 0) is 12.0 Å². The number of nitrogens with one attached hydrogen (secondary N) is 1. The molecule has 0 atom stereocenters. The summed E-state index contributed by atoms with van der Waals surface area (Å²) in [5.41, 5.74) is 2.72. The van der Waals surface area contributed by atoms with E-state index in [1.54, 1.807) is 29.3 Å². The molecule has 1 fully saturated rings. The summed E-state index contributed by atoms with van der Waals surface area (Å²) in [5, 5.41) is 13.8. The average Bonchev–Trinajstić information content (AvgIpc) is 3.23. The Morgan fingerprint density at radius 1 is 1.16 bits per heavy atom. The summed E-state index contributed by atoms with van der Waals surface area (Å²) in [6.45, 7) is 3.00. The van der Waals surface area contributed by atoms with Crippen LogP contribution in [0, 0.1) is 17.1 Å². The fourth-order valence-corrected chi connectivity index (χ4v) is 5.72. The number of aromatic nitrogens is 1. The molecule has 2 aliphatic heterocycles. The molecule has 0 unspecified atom stereocenters. The zero-order valence-electron chi connectivity index (χ0n) is 20.6. The van der Waals surface area contributed by atoms with Gasteiger partial charge in [-0.25, -0.2) is 14.2 Å². The van der Waals surface area contributed by atoms with Crippen molar-refractivity contribution in [3.8, 4) is 6.07 Å². The van der Waals surface area contributed by atoms with Gasteiger partial charge in [0, 0.05) is 41.8 Å². The van der Waals surface area contributed by atoms with Crippen molar-refractivity contribution in [2.75, 3.05) is 31.1 Å². The normalized spacial score (nSPS) is 16.5. The number of rotatable bonds is 5. The second-order valence-corrected chi connectivity index (χ2v) is 10.5. The number of piperidine rings is 1. The molecule has 2 aromatic carbocycles. The smallest absolute Gasteiger partial charge is 0.322 e. The molecule has 1 aromatic heterocycles. The number of urea groups is 1. The molecule has 1 spiro atoms. The Labute approximate surface area is 231 Å². The highest BCUT2D eigenvalue weighted by Gasteiger charge is 2.48. The largest absolute Gasteiger partial charge is 0.334 e. The quantitative estimate of drug-likeness (QED) is 0.386. The van der Waals surface area contributed by atoms with Crippen LogP contribution < -0.4 is 10.2 Å². The lowest BCUT2D eigenvalue weighted by atomic mass is 9.72. The molecular formula is C29H26Cl2FN5O. The van der Waals surface area contributed by atoms with E-state index in [2.05, 4.69) is 33.4 Å². The number of fused-ring (bicyclic) bond motifs is 2. The van der Waals surface area contributed by atoms with Crippen molar-refractivity contribution < 1.29 is 9.18 Å². The van der Waals surface area contributed by atoms with E-state index >= 15 is 0 Å². The summed E-state index contributed by atoms with van der Waals surface area (Å²) >= 11 is 11.9. The predicted molar refractivity (Wildman–Crippen MR) is 148 cm³/mol. The van der Waals surface area contributed by atoms with Crippen LogP contribution >= 0.6 is 23.2 Å². The summed E-state index contributed by atoms with van der Waals surface area (Å²) in [6.07, 6.45) is 7.21. The van der Waals surface area contributed by atoms with Gasteiger partial charge in [0.15, 0.2) is 0 Å². The molecule has 194 valence electrons. The second-order valence-electron chi connectivity index (χ2n) is 9.69. The molecule has 3 aromatic rings. The number of hydrogen-bond acceptors (Lipinski definition) is 4. The topological polar surface area (TPSA) is 72.3 Å². The first-order valence-corrected chi connectivity index (χ1v) is 13.2. The van der Waals surface area contributed by atoms with E-state index in [1.165, 1.54) is 6.07 Å². The van der Waals surface area contributed by atoms with E-state index in [0.29, 0.717) is 28.0 Å². The number of pyridine rings is 1. The summed E-state index contributed by atoms with van der Waals surface area (Å²) in [5.74, 6) is -0.548. The Bertz CT molecular complexity index is 1410.